The van der Waals surface area contributed by atoms with Crippen molar-refractivity contribution in [1.82, 2.24) is 10.3 Å². The molecule has 106 valence electrons. The van der Waals surface area contributed by atoms with Crippen LogP contribution in [0.15, 0.2) is 54.7 Å². The van der Waals surface area contributed by atoms with E-state index < -0.39 is 0 Å². The second-order valence-electron chi connectivity index (χ2n) is 4.68. The molecule has 0 spiro atoms. The van der Waals surface area contributed by atoms with E-state index in [2.05, 4.69) is 15.6 Å². The highest BCUT2D eigenvalue weighted by Crippen LogP contribution is 2.21. The van der Waals surface area contributed by atoms with Crippen LogP contribution in [0.2, 0.25) is 5.02 Å². The van der Waals surface area contributed by atoms with Crippen molar-refractivity contribution in [2.45, 2.75) is 6.54 Å². The van der Waals surface area contributed by atoms with Crippen LogP contribution >= 0.6 is 11.6 Å². The van der Waals surface area contributed by atoms with Crippen molar-refractivity contribution in [3.63, 3.8) is 0 Å². The molecule has 21 heavy (non-hydrogen) atoms. The minimum Gasteiger partial charge on any atom is -0.361 e. The Morgan fingerprint density at radius 3 is 2.71 bits per heavy atom. The minimum atomic E-state index is -0.237. The predicted octanol–water partition coefficient (Wildman–Crippen LogP) is 4.14. The Kier molecular flexibility index (Phi) is 3.79. The van der Waals surface area contributed by atoms with Gasteiger partial charge in [0.2, 0.25) is 0 Å². The molecule has 4 nitrogen and oxygen atoms in total. The summed E-state index contributed by atoms with van der Waals surface area (Å²) in [7, 11) is 0. The van der Waals surface area contributed by atoms with Crippen molar-refractivity contribution in [2.24, 2.45) is 0 Å². The number of hydrogen-bond donors (Lipinski definition) is 3. The number of benzene rings is 2. The molecule has 2 amide bonds. The molecule has 3 rings (SSSR count). The second-order valence-corrected chi connectivity index (χ2v) is 5.12. The largest absolute Gasteiger partial charge is 0.361 e. The summed E-state index contributed by atoms with van der Waals surface area (Å²) in [5.74, 6) is 0. The fraction of sp³-hybridized carbons (Fsp3) is 0.0625. The van der Waals surface area contributed by atoms with Gasteiger partial charge in [-0.25, -0.2) is 4.79 Å². The van der Waals surface area contributed by atoms with Gasteiger partial charge in [-0.3, -0.25) is 0 Å². The first-order valence-corrected chi connectivity index (χ1v) is 6.95. The molecule has 0 bridgehead atoms. The van der Waals surface area contributed by atoms with E-state index in [4.69, 9.17) is 11.6 Å². The number of halogens is 1. The Morgan fingerprint density at radius 2 is 1.90 bits per heavy atom. The monoisotopic (exact) mass is 299 g/mol. The van der Waals surface area contributed by atoms with Crippen LogP contribution in [0.4, 0.5) is 10.5 Å². The van der Waals surface area contributed by atoms with Crippen molar-refractivity contribution >= 4 is 34.2 Å². The standard InChI is InChI=1S/C16H14ClN3O/c17-12-6-4-11(5-7-12)10-19-16(21)20-15-3-1-2-14-13(15)8-9-18-14/h1-9,18H,10H2,(H2,19,20,21). The van der Waals surface area contributed by atoms with Gasteiger partial charge in [-0.15, -0.1) is 0 Å². The zero-order valence-electron chi connectivity index (χ0n) is 11.2. The normalized spacial score (nSPS) is 10.5. The zero-order valence-corrected chi connectivity index (χ0v) is 11.9. The van der Waals surface area contributed by atoms with Gasteiger partial charge < -0.3 is 15.6 Å². The summed E-state index contributed by atoms with van der Waals surface area (Å²) in [6.45, 7) is 0.451. The molecule has 0 aliphatic rings. The molecule has 0 unspecified atom stereocenters. The van der Waals surface area contributed by atoms with E-state index in [1.165, 1.54) is 0 Å². The van der Waals surface area contributed by atoms with Crippen LogP contribution in [0.1, 0.15) is 5.56 Å². The molecular formula is C16H14ClN3O. The van der Waals surface area contributed by atoms with Gasteiger partial charge in [0.1, 0.15) is 0 Å². The number of H-pyrrole nitrogens is 1. The minimum absolute atomic E-state index is 0.237. The molecule has 0 saturated carbocycles. The van der Waals surface area contributed by atoms with Gasteiger partial charge in [0, 0.05) is 28.7 Å². The lowest BCUT2D eigenvalue weighted by molar-refractivity contribution is 0.252. The first-order valence-electron chi connectivity index (χ1n) is 6.58. The zero-order chi connectivity index (χ0) is 14.7. The van der Waals surface area contributed by atoms with Crippen molar-refractivity contribution in [3.8, 4) is 0 Å². The van der Waals surface area contributed by atoms with Gasteiger partial charge >= 0.3 is 6.03 Å². The smallest absolute Gasteiger partial charge is 0.319 e. The van der Waals surface area contributed by atoms with Crippen LogP contribution in [-0.4, -0.2) is 11.0 Å². The van der Waals surface area contributed by atoms with Crippen LogP contribution in [0, 0.1) is 0 Å². The van der Waals surface area contributed by atoms with E-state index >= 15 is 0 Å². The maximum atomic E-state index is 12.0. The fourth-order valence-corrected chi connectivity index (χ4v) is 2.27. The number of anilines is 1. The molecule has 1 aromatic heterocycles. The Balaban J connectivity index is 1.64. The summed E-state index contributed by atoms with van der Waals surface area (Å²) >= 11 is 5.82. The van der Waals surface area contributed by atoms with Gasteiger partial charge in [-0.2, -0.15) is 0 Å². The first kappa shape index (κ1) is 13.5. The summed E-state index contributed by atoms with van der Waals surface area (Å²) in [5, 5.41) is 7.35. The maximum absolute atomic E-state index is 12.0. The quantitative estimate of drug-likeness (QED) is 0.669. The van der Waals surface area contributed by atoms with E-state index in [0.29, 0.717) is 11.6 Å². The number of urea groups is 1. The van der Waals surface area contributed by atoms with E-state index in [0.717, 1.165) is 22.2 Å². The maximum Gasteiger partial charge on any atom is 0.319 e. The number of nitrogens with one attached hydrogen (secondary N) is 3. The fourth-order valence-electron chi connectivity index (χ4n) is 2.15. The van der Waals surface area contributed by atoms with Gasteiger partial charge in [0.25, 0.3) is 0 Å². The summed E-state index contributed by atoms with van der Waals surface area (Å²) in [5.41, 5.74) is 2.77. The van der Waals surface area contributed by atoms with Crippen LogP contribution in [0.25, 0.3) is 10.9 Å². The average Bonchev–Trinajstić information content (AvgIpc) is 2.96. The van der Waals surface area contributed by atoms with E-state index in [1.807, 2.05) is 42.6 Å². The lowest BCUT2D eigenvalue weighted by Crippen LogP contribution is -2.28. The number of fused-ring (bicyclic) bond motifs is 1. The van der Waals surface area contributed by atoms with E-state index in [9.17, 15) is 4.79 Å². The molecule has 0 fully saturated rings. The molecule has 0 saturated heterocycles. The molecular weight excluding hydrogens is 286 g/mol. The molecule has 0 radical (unpaired) electrons. The molecule has 2 aromatic carbocycles. The molecule has 3 N–H and O–H groups in total. The highest BCUT2D eigenvalue weighted by atomic mass is 35.5. The van der Waals surface area contributed by atoms with Crippen molar-refractivity contribution in [3.05, 3.63) is 65.3 Å². The number of amides is 2. The topological polar surface area (TPSA) is 56.9 Å². The van der Waals surface area contributed by atoms with Gasteiger partial charge in [-0.1, -0.05) is 29.8 Å². The summed E-state index contributed by atoms with van der Waals surface area (Å²) < 4.78 is 0. The van der Waals surface area contributed by atoms with E-state index in [-0.39, 0.29) is 6.03 Å². The van der Waals surface area contributed by atoms with Gasteiger partial charge in [-0.05, 0) is 35.9 Å². The molecule has 0 aliphatic heterocycles. The van der Waals surface area contributed by atoms with Crippen molar-refractivity contribution in [2.75, 3.05) is 5.32 Å². The Bertz CT molecular complexity index is 765. The van der Waals surface area contributed by atoms with Gasteiger partial charge in [0.15, 0.2) is 0 Å². The number of hydrogen-bond acceptors (Lipinski definition) is 1. The van der Waals surface area contributed by atoms with Crippen LogP contribution in [-0.2, 0) is 6.54 Å². The third-order valence-electron chi connectivity index (χ3n) is 3.21. The average molecular weight is 300 g/mol. The molecule has 3 aromatic rings. The van der Waals surface area contributed by atoms with Crippen molar-refractivity contribution < 1.29 is 4.79 Å². The van der Waals surface area contributed by atoms with Gasteiger partial charge in [0.05, 0.1) is 5.69 Å². The van der Waals surface area contributed by atoms with Crippen LogP contribution in [0.5, 0.6) is 0 Å². The van der Waals surface area contributed by atoms with E-state index in [1.54, 1.807) is 12.1 Å². The second kappa shape index (κ2) is 5.89. The molecule has 0 atom stereocenters. The lowest BCUT2D eigenvalue weighted by atomic mass is 10.2. The Labute approximate surface area is 127 Å². The number of carbonyl (C=O) groups excluding carboxylic acids is 1. The highest BCUT2D eigenvalue weighted by molar-refractivity contribution is 6.30. The summed E-state index contributed by atoms with van der Waals surface area (Å²) in [6.07, 6.45) is 1.85. The van der Waals surface area contributed by atoms with Crippen LogP contribution < -0.4 is 10.6 Å². The molecule has 1 heterocycles. The third kappa shape index (κ3) is 3.17. The Hall–Kier alpha value is -2.46. The summed E-state index contributed by atoms with van der Waals surface area (Å²) in [6, 6.07) is 14.8. The molecule has 5 heteroatoms. The number of aromatic amines is 1. The Morgan fingerprint density at radius 1 is 1.10 bits per heavy atom. The van der Waals surface area contributed by atoms with Crippen LogP contribution in [0.3, 0.4) is 0 Å². The SMILES string of the molecule is O=C(NCc1ccc(Cl)cc1)Nc1cccc2[nH]ccc12. The summed E-state index contributed by atoms with van der Waals surface area (Å²) in [4.78, 5) is 15.1. The number of carbonyl (C=O) groups is 1. The van der Waals surface area contributed by atoms with Crippen molar-refractivity contribution in [1.29, 1.82) is 0 Å². The highest BCUT2D eigenvalue weighted by Gasteiger charge is 2.05. The molecule has 0 aliphatic carbocycles. The third-order valence-corrected chi connectivity index (χ3v) is 3.46. The number of rotatable bonds is 3. The number of aromatic nitrogens is 1. The first-order chi connectivity index (χ1) is 10.2. The lowest BCUT2D eigenvalue weighted by Gasteiger charge is -2.09. The predicted molar refractivity (Wildman–Crippen MR) is 85.6 cm³/mol.